The van der Waals surface area contributed by atoms with Gasteiger partial charge >= 0.3 is 0 Å². The van der Waals surface area contributed by atoms with E-state index in [9.17, 15) is 5.11 Å². The summed E-state index contributed by atoms with van der Waals surface area (Å²) in [6.45, 7) is 5.96. The van der Waals surface area contributed by atoms with Crippen molar-refractivity contribution >= 4 is 0 Å². The number of hydrogen-bond acceptors (Lipinski definition) is 3. The minimum atomic E-state index is -0.457. The van der Waals surface area contributed by atoms with Gasteiger partial charge in [-0.05, 0) is 44.4 Å². The molecule has 0 aromatic rings. The molecule has 114 valence electrons. The van der Waals surface area contributed by atoms with Gasteiger partial charge in [0.05, 0.1) is 12.1 Å². The lowest BCUT2D eigenvalue weighted by atomic mass is 9.77. The average molecular weight is 278 g/mol. The van der Waals surface area contributed by atoms with Crippen LogP contribution in [0.4, 0.5) is 0 Å². The average Bonchev–Trinajstić information content (AvgIpc) is 2.48. The van der Waals surface area contributed by atoms with E-state index >= 15 is 0 Å². The predicted molar refractivity (Wildman–Crippen MR) is 83.5 cm³/mol. The molecule has 0 aromatic carbocycles. The first-order valence-electron chi connectivity index (χ1n) is 8.27. The van der Waals surface area contributed by atoms with Crippen molar-refractivity contribution < 1.29 is 5.11 Å². The van der Waals surface area contributed by atoms with Gasteiger partial charge in [0, 0.05) is 25.7 Å². The predicted octanol–water partition coefficient (Wildman–Crippen LogP) is 2.00. The highest BCUT2D eigenvalue weighted by Crippen LogP contribution is 2.33. The number of hydrogen-bond donors (Lipinski definition) is 2. The van der Waals surface area contributed by atoms with Crippen molar-refractivity contribution in [3.05, 3.63) is 0 Å². The van der Waals surface area contributed by atoms with Crippen LogP contribution in [0.5, 0.6) is 0 Å². The van der Waals surface area contributed by atoms with E-state index in [1.165, 1.54) is 19.3 Å². The molecule has 0 radical (unpaired) electrons. The van der Waals surface area contributed by atoms with E-state index in [1.807, 2.05) is 0 Å². The monoisotopic (exact) mass is 278 g/mol. The van der Waals surface area contributed by atoms with Crippen LogP contribution in [0.3, 0.4) is 0 Å². The van der Waals surface area contributed by atoms with Gasteiger partial charge in [-0.2, -0.15) is 0 Å². The zero-order valence-electron chi connectivity index (χ0n) is 12.9. The molecule has 0 unspecified atom stereocenters. The molecule has 2 N–H and O–H groups in total. The summed E-state index contributed by atoms with van der Waals surface area (Å²) in [5, 5.41) is 14.3. The molecule has 1 saturated carbocycles. The fourth-order valence-electron chi connectivity index (χ4n) is 3.56. The van der Waals surface area contributed by atoms with Crippen molar-refractivity contribution in [1.82, 2.24) is 10.2 Å². The topological polar surface area (TPSA) is 35.5 Å². The molecule has 1 aliphatic carbocycles. The van der Waals surface area contributed by atoms with Crippen LogP contribution in [0.2, 0.25) is 0 Å². The van der Waals surface area contributed by atoms with Crippen molar-refractivity contribution in [2.75, 3.05) is 26.2 Å². The Bertz CT molecular complexity index is 320. The number of aliphatic hydroxyl groups is 1. The van der Waals surface area contributed by atoms with E-state index in [4.69, 9.17) is 6.42 Å². The van der Waals surface area contributed by atoms with E-state index < -0.39 is 5.60 Å². The summed E-state index contributed by atoms with van der Waals surface area (Å²) in [5.41, 5.74) is -0.457. The SMILES string of the molecule is C#CCN1CCC(NCC2(O)CCC(CC)CC2)CC1. The second kappa shape index (κ2) is 7.45. The molecule has 0 amide bonds. The van der Waals surface area contributed by atoms with Gasteiger partial charge in [-0.25, -0.2) is 0 Å². The molecular formula is C17H30N2O. The van der Waals surface area contributed by atoms with Crippen molar-refractivity contribution in [3.8, 4) is 12.3 Å². The van der Waals surface area contributed by atoms with Crippen molar-refractivity contribution in [2.45, 2.75) is 63.5 Å². The number of nitrogens with zero attached hydrogens (tertiary/aromatic N) is 1. The maximum atomic E-state index is 10.7. The molecular weight excluding hydrogens is 248 g/mol. The molecule has 1 saturated heterocycles. The van der Waals surface area contributed by atoms with E-state index in [2.05, 4.69) is 23.1 Å². The highest BCUT2D eigenvalue weighted by atomic mass is 16.3. The summed E-state index contributed by atoms with van der Waals surface area (Å²) in [6, 6.07) is 0.553. The number of rotatable bonds is 5. The summed E-state index contributed by atoms with van der Waals surface area (Å²) in [6.07, 6.45) is 13.2. The molecule has 2 rings (SSSR count). The molecule has 1 aliphatic heterocycles. The van der Waals surface area contributed by atoms with Crippen molar-refractivity contribution in [2.24, 2.45) is 5.92 Å². The Kier molecular flexibility index (Phi) is 5.89. The molecule has 1 heterocycles. The van der Waals surface area contributed by atoms with Gasteiger partial charge in [-0.15, -0.1) is 6.42 Å². The Hall–Kier alpha value is -0.560. The standard InChI is InChI=1S/C17H30N2O/c1-3-11-19-12-7-16(8-13-19)18-14-17(20)9-5-15(4-2)6-10-17/h1,15-16,18,20H,4-14H2,2H3. The molecule has 0 spiro atoms. The largest absolute Gasteiger partial charge is 0.389 e. The maximum absolute atomic E-state index is 10.7. The maximum Gasteiger partial charge on any atom is 0.0771 e. The van der Waals surface area contributed by atoms with Gasteiger partial charge < -0.3 is 10.4 Å². The van der Waals surface area contributed by atoms with Gasteiger partial charge in [0.25, 0.3) is 0 Å². The van der Waals surface area contributed by atoms with Crippen LogP contribution >= 0.6 is 0 Å². The fraction of sp³-hybridized carbons (Fsp3) is 0.882. The molecule has 2 aliphatic rings. The number of terminal acetylenes is 1. The second-order valence-electron chi connectivity index (χ2n) is 6.71. The Balaban J connectivity index is 1.67. The van der Waals surface area contributed by atoms with Crippen LogP contribution in [0.15, 0.2) is 0 Å². The van der Waals surface area contributed by atoms with Gasteiger partial charge in [0.15, 0.2) is 0 Å². The third-order valence-corrected chi connectivity index (χ3v) is 5.24. The van der Waals surface area contributed by atoms with Crippen LogP contribution in [0.1, 0.15) is 51.9 Å². The van der Waals surface area contributed by atoms with Gasteiger partial charge in [-0.1, -0.05) is 19.3 Å². The highest BCUT2D eigenvalue weighted by Gasteiger charge is 2.33. The third-order valence-electron chi connectivity index (χ3n) is 5.24. The fourth-order valence-corrected chi connectivity index (χ4v) is 3.56. The molecule has 3 heteroatoms. The summed E-state index contributed by atoms with van der Waals surface area (Å²) < 4.78 is 0. The van der Waals surface area contributed by atoms with Gasteiger partial charge in [0.2, 0.25) is 0 Å². The summed E-state index contributed by atoms with van der Waals surface area (Å²) in [7, 11) is 0. The molecule has 2 fully saturated rings. The van der Waals surface area contributed by atoms with Gasteiger partial charge in [-0.3, -0.25) is 4.90 Å². The van der Waals surface area contributed by atoms with E-state index in [0.717, 1.165) is 57.8 Å². The molecule has 0 aromatic heterocycles. The minimum Gasteiger partial charge on any atom is -0.389 e. The van der Waals surface area contributed by atoms with Gasteiger partial charge in [0.1, 0.15) is 0 Å². The quantitative estimate of drug-likeness (QED) is 0.755. The zero-order chi connectivity index (χ0) is 14.4. The first-order chi connectivity index (χ1) is 9.65. The van der Waals surface area contributed by atoms with E-state index in [-0.39, 0.29) is 0 Å². The van der Waals surface area contributed by atoms with Crippen LogP contribution in [-0.2, 0) is 0 Å². The smallest absolute Gasteiger partial charge is 0.0771 e. The highest BCUT2D eigenvalue weighted by molar-refractivity contribution is 4.92. The summed E-state index contributed by atoms with van der Waals surface area (Å²) in [5.74, 6) is 3.55. The normalized spacial score (nSPS) is 33.0. The zero-order valence-corrected chi connectivity index (χ0v) is 12.9. The van der Waals surface area contributed by atoms with Crippen molar-refractivity contribution in [3.63, 3.8) is 0 Å². The van der Waals surface area contributed by atoms with Crippen LogP contribution in [0, 0.1) is 18.3 Å². The number of nitrogens with one attached hydrogen (secondary N) is 1. The second-order valence-corrected chi connectivity index (χ2v) is 6.71. The van der Waals surface area contributed by atoms with Crippen LogP contribution in [-0.4, -0.2) is 47.8 Å². The lowest BCUT2D eigenvalue weighted by Gasteiger charge is -2.38. The number of piperidine rings is 1. The molecule has 0 bridgehead atoms. The Morgan fingerprint density at radius 3 is 2.45 bits per heavy atom. The molecule has 3 nitrogen and oxygen atoms in total. The first-order valence-corrected chi connectivity index (χ1v) is 8.27. The molecule has 20 heavy (non-hydrogen) atoms. The summed E-state index contributed by atoms with van der Waals surface area (Å²) >= 11 is 0. The Labute approximate surface area is 124 Å². The number of likely N-dealkylation sites (tertiary alicyclic amines) is 1. The molecule has 0 atom stereocenters. The Morgan fingerprint density at radius 2 is 1.90 bits per heavy atom. The van der Waals surface area contributed by atoms with Crippen molar-refractivity contribution in [1.29, 1.82) is 0 Å². The summed E-state index contributed by atoms with van der Waals surface area (Å²) in [4.78, 5) is 2.33. The Morgan fingerprint density at radius 1 is 1.25 bits per heavy atom. The lowest BCUT2D eigenvalue weighted by molar-refractivity contribution is -0.0121. The van der Waals surface area contributed by atoms with Crippen LogP contribution < -0.4 is 5.32 Å². The van der Waals surface area contributed by atoms with E-state index in [1.54, 1.807) is 0 Å². The third kappa shape index (κ3) is 4.48. The minimum absolute atomic E-state index is 0.457. The lowest BCUT2D eigenvalue weighted by Crippen LogP contribution is -2.49. The van der Waals surface area contributed by atoms with E-state index in [0.29, 0.717) is 6.04 Å². The first kappa shape index (κ1) is 15.8. The van der Waals surface area contributed by atoms with Crippen LogP contribution in [0.25, 0.3) is 0 Å².